The lowest BCUT2D eigenvalue weighted by atomic mass is 10.3. The average Bonchev–Trinajstić information content (AvgIpc) is 2.42. The highest BCUT2D eigenvalue weighted by Crippen LogP contribution is 2.20. The number of hydrogen-bond acceptors (Lipinski definition) is 3. The second-order valence-corrected chi connectivity index (χ2v) is 5.91. The lowest BCUT2D eigenvalue weighted by Gasteiger charge is -2.20. The molecule has 0 saturated heterocycles. The van der Waals surface area contributed by atoms with E-state index in [0.29, 0.717) is 18.8 Å². The molecule has 0 radical (unpaired) electrons. The molecule has 0 bridgehead atoms. The minimum Gasteiger partial charge on any atom is -0.338 e. The smallest absolute Gasteiger partial charge is 0.233 e. The van der Waals surface area contributed by atoms with E-state index in [1.807, 2.05) is 38.1 Å². The maximum absolute atomic E-state index is 12.1. The number of nitrogens with one attached hydrogen (secondary N) is 1. The van der Waals surface area contributed by atoms with Gasteiger partial charge in [0.15, 0.2) is 0 Å². The van der Waals surface area contributed by atoms with Gasteiger partial charge >= 0.3 is 0 Å². The predicted octanol–water partition coefficient (Wildman–Crippen LogP) is 3.16. The SMILES string of the molecule is C=C(C)CN(CC)C(=O)CSc1ccc(NC(C)=O)cc1. The minimum absolute atomic E-state index is 0.0936. The van der Waals surface area contributed by atoms with E-state index in [2.05, 4.69) is 11.9 Å². The van der Waals surface area contributed by atoms with E-state index in [4.69, 9.17) is 0 Å². The summed E-state index contributed by atoms with van der Waals surface area (Å²) >= 11 is 1.49. The topological polar surface area (TPSA) is 49.4 Å². The Morgan fingerprint density at radius 3 is 2.33 bits per heavy atom. The Balaban J connectivity index is 2.52. The van der Waals surface area contributed by atoms with E-state index in [1.165, 1.54) is 18.7 Å². The van der Waals surface area contributed by atoms with Crippen molar-refractivity contribution in [2.45, 2.75) is 25.7 Å². The van der Waals surface area contributed by atoms with E-state index in [-0.39, 0.29) is 11.8 Å². The van der Waals surface area contributed by atoms with E-state index in [1.54, 1.807) is 4.90 Å². The van der Waals surface area contributed by atoms with Crippen LogP contribution in [-0.4, -0.2) is 35.6 Å². The van der Waals surface area contributed by atoms with Crippen LogP contribution < -0.4 is 5.32 Å². The number of carbonyl (C=O) groups is 2. The third-order valence-corrected chi connectivity index (χ3v) is 3.73. The summed E-state index contributed by atoms with van der Waals surface area (Å²) in [5.41, 5.74) is 1.74. The standard InChI is InChI=1S/C16H22N2O2S/c1-5-18(10-12(2)3)16(20)11-21-15-8-6-14(7-9-15)17-13(4)19/h6-9H,2,5,10-11H2,1,3-4H3,(H,17,19). The van der Waals surface area contributed by atoms with Crippen LogP contribution in [0.2, 0.25) is 0 Å². The molecule has 0 aromatic heterocycles. The summed E-state index contributed by atoms with van der Waals surface area (Å²) in [5.74, 6) is 0.418. The molecule has 1 aromatic carbocycles. The molecule has 1 N–H and O–H groups in total. The van der Waals surface area contributed by atoms with Gasteiger partial charge in [-0.2, -0.15) is 0 Å². The molecule has 1 aromatic rings. The molecular weight excluding hydrogens is 284 g/mol. The Morgan fingerprint density at radius 2 is 1.86 bits per heavy atom. The molecule has 0 saturated carbocycles. The van der Waals surface area contributed by atoms with Gasteiger partial charge in [0.25, 0.3) is 0 Å². The van der Waals surface area contributed by atoms with Crippen molar-refractivity contribution in [3.05, 3.63) is 36.4 Å². The number of nitrogens with zero attached hydrogens (tertiary/aromatic N) is 1. The van der Waals surface area contributed by atoms with Crippen molar-refractivity contribution in [3.8, 4) is 0 Å². The van der Waals surface area contributed by atoms with Crippen molar-refractivity contribution < 1.29 is 9.59 Å². The van der Waals surface area contributed by atoms with Crippen LogP contribution in [0.5, 0.6) is 0 Å². The zero-order valence-corrected chi connectivity index (χ0v) is 13.6. The zero-order valence-electron chi connectivity index (χ0n) is 12.8. The van der Waals surface area contributed by atoms with Crippen LogP contribution in [0.3, 0.4) is 0 Å². The van der Waals surface area contributed by atoms with Crippen molar-refractivity contribution in [1.29, 1.82) is 0 Å². The van der Waals surface area contributed by atoms with E-state index >= 15 is 0 Å². The fourth-order valence-corrected chi connectivity index (χ4v) is 2.58. The highest BCUT2D eigenvalue weighted by molar-refractivity contribution is 8.00. The van der Waals surface area contributed by atoms with Crippen molar-refractivity contribution in [2.75, 3.05) is 24.2 Å². The van der Waals surface area contributed by atoms with Gasteiger partial charge < -0.3 is 10.2 Å². The third kappa shape index (κ3) is 6.49. The largest absolute Gasteiger partial charge is 0.338 e. The lowest BCUT2D eigenvalue weighted by molar-refractivity contribution is -0.127. The molecular formula is C16H22N2O2S. The van der Waals surface area contributed by atoms with Crippen LogP contribution in [0.25, 0.3) is 0 Å². The van der Waals surface area contributed by atoms with Gasteiger partial charge in [-0.25, -0.2) is 0 Å². The fourth-order valence-electron chi connectivity index (χ4n) is 1.78. The molecule has 4 nitrogen and oxygen atoms in total. The maximum atomic E-state index is 12.1. The third-order valence-electron chi connectivity index (χ3n) is 2.73. The van der Waals surface area contributed by atoms with Gasteiger partial charge in [0.2, 0.25) is 11.8 Å². The van der Waals surface area contributed by atoms with Gasteiger partial charge in [-0.1, -0.05) is 12.2 Å². The van der Waals surface area contributed by atoms with Crippen LogP contribution in [0.15, 0.2) is 41.3 Å². The van der Waals surface area contributed by atoms with Gasteiger partial charge in [0.05, 0.1) is 5.75 Å². The van der Waals surface area contributed by atoms with Gasteiger partial charge in [0, 0.05) is 30.6 Å². The van der Waals surface area contributed by atoms with Crippen molar-refractivity contribution in [1.82, 2.24) is 4.90 Å². The molecule has 0 unspecified atom stereocenters. The molecule has 1 rings (SSSR count). The first-order valence-corrected chi connectivity index (χ1v) is 7.83. The summed E-state index contributed by atoms with van der Waals surface area (Å²) in [6.45, 7) is 10.5. The van der Waals surface area contributed by atoms with E-state index in [0.717, 1.165) is 16.2 Å². The first kappa shape index (κ1) is 17.3. The van der Waals surface area contributed by atoms with Gasteiger partial charge in [-0.3, -0.25) is 9.59 Å². The molecule has 0 fully saturated rings. The maximum Gasteiger partial charge on any atom is 0.233 e. The Kier molecular flexibility index (Phi) is 7.02. The number of carbonyl (C=O) groups excluding carboxylic acids is 2. The van der Waals surface area contributed by atoms with Crippen LogP contribution in [0.1, 0.15) is 20.8 Å². The van der Waals surface area contributed by atoms with Crippen LogP contribution in [-0.2, 0) is 9.59 Å². The lowest BCUT2D eigenvalue weighted by Crippen LogP contribution is -2.33. The summed E-state index contributed by atoms with van der Waals surface area (Å²) in [4.78, 5) is 25.8. The first-order valence-electron chi connectivity index (χ1n) is 6.85. The summed E-state index contributed by atoms with van der Waals surface area (Å²) < 4.78 is 0. The van der Waals surface area contributed by atoms with Crippen molar-refractivity contribution in [2.24, 2.45) is 0 Å². The second kappa shape index (κ2) is 8.52. The van der Waals surface area contributed by atoms with Crippen LogP contribution >= 0.6 is 11.8 Å². The summed E-state index contributed by atoms with van der Waals surface area (Å²) in [7, 11) is 0. The summed E-state index contributed by atoms with van der Waals surface area (Å²) in [6, 6.07) is 7.47. The van der Waals surface area contributed by atoms with Gasteiger partial charge in [0.1, 0.15) is 0 Å². The van der Waals surface area contributed by atoms with Crippen LogP contribution in [0.4, 0.5) is 5.69 Å². The summed E-state index contributed by atoms with van der Waals surface area (Å²) in [5, 5.41) is 2.71. The quantitative estimate of drug-likeness (QED) is 0.622. The van der Waals surface area contributed by atoms with Crippen molar-refractivity contribution >= 4 is 29.3 Å². The average molecular weight is 306 g/mol. The highest BCUT2D eigenvalue weighted by atomic mass is 32.2. The molecule has 0 spiro atoms. The zero-order chi connectivity index (χ0) is 15.8. The molecule has 0 atom stereocenters. The predicted molar refractivity (Wildman–Crippen MR) is 88.5 cm³/mol. The fraction of sp³-hybridized carbons (Fsp3) is 0.375. The second-order valence-electron chi connectivity index (χ2n) is 4.86. The molecule has 2 amide bonds. The number of benzene rings is 1. The Labute approximate surface area is 130 Å². The number of hydrogen-bond donors (Lipinski definition) is 1. The molecule has 21 heavy (non-hydrogen) atoms. The van der Waals surface area contributed by atoms with Crippen LogP contribution in [0, 0.1) is 0 Å². The van der Waals surface area contributed by atoms with E-state index < -0.39 is 0 Å². The van der Waals surface area contributed by atoms with Gasteiger partial charge in [-0.05, 0) is 38.1 Å². The highest BCUT2D eigenvalue weighted by Gasteiger charge is 2.11. The van der Waals surface area contributed by atoms with Gasteiger partial charge in [-0.15, -0.1) is 11.8 Å². The molecule has 5 heteroatoms. The number of rotatable bonds is 7. The molecule has 114 valence electrons. The first-order chi connectivity index (χ1) is 9.92. The minimum atomic E-state index is -0.0936. The Bertz CT molecular complexity index is 512. The summed E-state index contributed by atoms with van der Waals surface area (Å²) in [6.07, 6.45) is 0. The molecule has 0 heterocycles. The Hall–Kier alpha value is -1.75. The molecule has 0 aliphatic carbocycles. The molecule has 0 aliphatic heterocycles. The van der Waals surface area contributed by atoms with Crippen molar-refractivity contribution in [3.63, 3.8) is 0 Å². The number of amides is 2. The normalized spacial score (nSPS) is 10.0. The van der Waals surface area contributed by atoms with E-state index in [9.17, 15) is 9.59 Å². The number of likely N-dealkylation sites (N-methyl/N-ethyl adjacent to an activating group) is 1. The molecule has 0 aliphatic rings. The number of anilines is 1. The number of thioether (sulfide) groups is 1. The Morgan fingerprint density at radius 1 is 1.24 bits per heavy atom. The monoisotopic (exact) mass is 306 g/mol.